The minimum Gasteiger partial charge on any atom is -0.488 e. The first-order chi connectivity index (χ1) is 12.4. The highest BCUT2D eigenvalue weighted by Crippen LogP contribution is 2.43. The fourth-order valence-corrected chi connectivity index (χ4v) is 3.61. The Balaban J connectivity index is 2.52. The van der Waals surface area contributed by atoms with Gasteiger partial charge in [0.1, 0.15) is 16.7 Å². The smallest absolute Gasteiger partial charge is 0.257 e. The number of likely N-dealkylation sites (N-methyl/N-ethyl adjacent to an activating group) is 1. The Morgan fingerprint density at radius 2 is 2.19 bits per heavy atom. The lowest BCUT2D eigenvalue weighted by molar-refractivity contribution is 0.0943. The third kappa shape index (κ3) is 4.12. The summed E-state index contributed by atoms with van der Waals surface area (Å²) >= 11 is 14.2. The molecule has 0 radical (unpaired) electrons. The maximum absolute atomic E-state index is 14.6. The molecule has 10 heteroatoms. The minimum atomic E-state index is -0.730. The van der Waals surface area contributed by atoms with E-state index >= 15 is 0 Å². The largest absolute Gasteiger partial charge is 0.488 e. The molecule has 1 aliphatic heterocycles. The van der Waals surface area contributed by atoms with E-state index in [4.69, 9.17) is 33.3 Å². The van der Waals surface area contributed by atoms with Crippen LogP contribution in [-0.2, 0) is 4.74 Å². The van der Waals surface area contributed by atoms with Crippen LogP contribution in [-0.4, -0.2) is 50.9 Å². The van der Waals surface area contributed by atoms with Crippen molar-refractivity contribution in [2.24, 2.45) is 5.92 Å². The fourth-order valence-electron chi connectivity index (χ4n) is 2.89. The highest BCUT2D eigenvalue weighted by molar-refractivity contribution is 9.10. The molecular weight excluding hydrogens is 449 g/mol. The molecule has 1 aliphatic rings. The van der Waals surface area contributed by atoms with E-state index in [1.54, 1.807) is 0 Å². The Morgan fingerprint density at radius 3 is 2.77 bits per heavy atom. The number of hydrogen-bond donors (Lipinski definition) is 3. The molecule has 3 unspecified atom stereocenters. The second-order valence-corrected chi connectivity index (χ2v) is 7.19. The number of benzene rings is 1. The number of anilines is 1. The first kappa shape index (κ1) is 21.3. The molecule has 1 heterocycles. The summed E-state index contributed by atoms with van der Waals surface area (Å²) in [6.45, 7) is 2.93. The van der Waals surface area contributed by atoms with Gasteiger partial charge in [0.15, 0.2) is 11.6 Å². The van der Waals surface area contributed by atoms with Crippen molar-refractivity contribution < 1.29 is 18.7 Å². The average Bonchev–Trinajstić information content (AvgIpc) is 3.12. The molecule has 144 valence electrons. The van der Waals surface area contributed by atoms with Gasteiger partial charge >= 0.3 is 0 Å². The lowest BCUT2D eigenvalue weighted by Crippen LogP contribution is -2.40. The van der Waals surface area contributed by atoms with Gasteiger partial charge in [-0.15, -0.1) is 0 Å². The summed E-state index contributed by atoms with van der Waals surface area (Å²) in [4.78, 5) is 12.4. The summed E-state index contributed by atoms with van der Waals surface area (Å²) in [5.74, 6) is -1.16. The molecule has 0 saturated carbocycles. The molecule has 1 aromatic rings. The molecule has 0 bridgehead atoms. The monoisotopic (exact) mass is 467 g/mol. The normalized spacial score (nSPS) is 20.5. The lowest BCUT2D eigenvalue weighted by atomic mass is 9.98. The van der Waals surface area contributed by atoms with E-state index in [-0.39, 0.29) is 44.6 Å². The molecule has 3 atom stereocenters. The van der Waals surface area contributed by atoms with Gasteiger partial charge in [0.05, 0.1) is 28.9 Å². The van der Waals surface area contributed by atoms with Gasteiger partial charge in [-0.2, -0.15) is 0 Å². The van der Waals surface area contributed by atoms with Crippen LogP contribution in [0.3, 0.4) is 0 Å². The van der Waals surface area contributed by atoms with Crippen LogP contribution in [0.1, 0.15) is 17.3 Å². The molecule has 0 aromatic heterocycles. The molecule has 2 rings (SSSR count). The van der Waals surface area contributed by atoms with Crippen LogP contribution >= 0.6 is 39.7 Å². The fraction of sp³-hybridized carbons (Fsp3) is 0.500. The second-order valence-electron chi connectivity index (χ2n) is 5.78. The van der Waals surface area contributed by atoms with Crippen molar-refractivity contribution >= 4 is 56.8 Å². The van der Waals surface area contributed by atoms with Crippen LogP contribution < -0.4 is 20.7 Å². The van der Waals surface area contributed by atoms with E-state index in [1.807, 2.05) is 14.0 Å². The van der Waals surface area contributed by atoms with Crippen LogP contribution in [0, 0.1) is 11.7 Å². The van der Waals surface area contributed by atoms with Crippen molar-refractivity contribution in [3.8, 4) is 5.75 Å². The standard InChI is InChI=1S/C16H20BrClFN3O3S/c1-7(8-4-24-5-9(8)20-2)25-15-10(16(23)21-3)14(22-6-26)13(19)11(17)12(15)18/h6-9,20H,4-5H2,1-3H3,(H,21,23)(H,22,26). The van der Waals surface area contributed by atoms with Gasteiger partial charge in [-0.25, -0.2) is 4.39 Å². The zero-order chi connectivity index (χ0) is 19.4. The number of halogens is 3. The average molecular weight is 469 g/mol. The predicted octanol–water partition coefficient (Wildman–Crippen LogP) is 2.97. The third-order valence-corrected chi connectivity index (χ3v) is 5.79. The van der Waals surface area contributed by atoms with Crippen molar-refractivity contribution in [2.45, 2.75) is 19.1 Å². The van der Waals surface area contributed by atoms with Crippen molar-refractivity contribution in [1.82, 2.24) is 10.6 Å². The molecule has 1 saturated heterocycles. The Bertz CT molecular complexity index is 710. The Morgan fingerprint density at radius 1 is 1.50 bits per heavy atom. The first-order valence-electron chi connectivity index (χ1n) is 7.91. The van der Waals surface area contributed by atoms with E-state index < -0.39 is 11.7 Å². The third-order valence-electron chi connectivity index (χ3n) is 4.34. The van der Waals surface area contributed by atoms with E-state index in [2.05, 4.69) is 31.9 Å². The van der Waals surface area contributed by atoms with Crippen molar-refractivity contribution in [3.63, 3.8) is 0 Å². The summed E-state index contributed by atoms with van der Waals surface area (Å²) in [5, 5.41) is 8.20. The van der Waals surface area contributed by atoms with Gasteiger partial charge in [0.2, 0.25) is 0 Å². The summed E-state index contributed by atoms with van der Waals surface area (Å²) in [7, 11) is 3.28. The zero-order valence-corrected chi connectivity index (χ0v) is 17.6. The molecule has 0 aliphatic carbocycles. The van der Waals surface area contributed by atoms with Crippen LogP contribution in [0.15, 0.2) is 4.47 Å². The molecule has 1 fully saturated rings. The highest BCUT2D eigenvalue weighted by Gasteiger charge is 2.35. The Hall–Kier alpha value is -1.00. The van der Waals surface area contributed by atoms with Crippen LogP contribution in [0.4, 0.5) is 10.1 Å². The van der Waals surface area contributed by atoms with E-state index in [9.17, 15) is 9.18 Å². The van der Waals surface area contributed by atoms with Gasteiger partial charge in [0.25, 0.3) is 5.91 Å². The van der Waals surface area contributed by atoms with E-state index in [0.29, 0.717) is 13.2 Å². The van der Waals surface area contributed by atoms with Gasteiger partial charge in [-0.1, -0.05) is 23.8 Å². The number of carbonyl (C=O) groups is 1. The number of ether oxygens (including phenoxy) is 2. The highest BCUT2D eigenvalue weighted by atomic mass is 79.9. The summed E-state index contributed by atoms with van der Waals surface area (Å²) < 4.78 is 26.1. The van der Waals surface area contributed by atoms with Gasteiger partial charge in [-0.05, 0) is 29.9 Å². The molecule has 1 aromatic carbocycles. The topological polar surface area (TPSA) is 71.6 Å². The van der Waals surface area contributed by atoms with Crippen LogP contribution in [0.2, 0.25) is 5.02 Å². The molecular formula is C16H20BrClFN3O3S. The Labute approximate surface area is 170 Å². The van der Waals surface area contributed by atoms with E-state index in [1.165, 1.54) is 7.05 Å². The molecule has 0 spiro atoms. The maximum Gasteiger partial charge on any atom is 0.257 e. The van der Waals surface area contributed by atoms with Gasteiger partial charge < -0.3 is 25.4 Å². The Kier molecular flexibility index (Phi) is 7.60. The van der Waals surface area contributed by atoms with Crippen LogP contribution in [0.25, 0.3) is 0 Å². The number of thiocarbonyl (C=S) groups is 1. The number of nitrogens with one attached hydrogen (secondary N) is 3. The molecule has 1 amide bonds. The van der Waals surface area contributed by atoms with Gasteiger partial charge in [0, 0.05) is 19.0 Å². The van der Waals surface area contributed by atoms with Crippen molar-refractivity contribution in [2.75, 3.05) is 32.6 Å². The predicted molar refractivity (Wildman–Crippen MR) is 107 cm³/mol. The first-order valence-corrected chi connectivity index (χ1v) is 9.55. The number of carbonyl (C=O) groups excluding carboxylic acids is 1. The lowest BCUT2D eigenvalue weighted by Gasteiger charge is -2.27. The summed E-state index contributed by atoms with van der Waals surface area (Å²) in [6.07, 6.45) is -0.339. The minimum absolute atomic E-state index is 0.0128. The number of rotatable bonds is 7. The van der Waals surface area contributed by atoms with Crippen LogP contribution in [0.5, 0.6) is 5.75 Å². The second kappa shape index (κ2) is 9.27. The number of amides is 1. The molecule has 3 N–H and O–H groups in total. The maximum atomic E-state index is 14.6. The van der Waals surface area contributed by atoms with Crippen molar-refractivity contribution in [1.29, 1.82) is 0 Å². The quantitative estimate of drug-likeness (QED) is 0.422. The van der Waals surface area contributed by atoms with Gasteiger partial charge in [-0.3, -0.25) is 4.79 Å². The SMILES string of the molecule is CNC(=O)c1c(NC=S)c(F)c(Br)c(Cl)c1OC(C)C1COCC1NC. The number of hydrogen-bond acceptors (Lipinski definition) is 5. The summed E-state index contributed by atoms with van der Waals surface area (Å²) in [5.41, 5.74) is 0.956. The molecule has 26 heavy (non-hydrogen) atoms. The molecule has 6 nitrogen and oxygen atoms in total. The summed E-state index contributed by atoms with van der Waals surface area (Å²) in [6, 6.07) is 0.106. The van der Waals surface area contributed by atoms with E-state index in [0.717, 1.165) is 5.49 Å². The zero-order valence-electron chi connectivity index (χ0n) is 14.5. The van der Waals surface area contributed by atoms with Crippen molar-refractivity contribution in [3.05, 3.63) is 20.9 Å².